The van der Waals surface area contributed by atoms with E-state index in [-0.39, 0.29) is 6.04 Å². The normalized spacial score (nSPS) is 23.4. The molecule has 0 saturated carbocycles. The van der Waals surface area contributed by atoms with Gasteiger partial charge in [-0.15, -0.1) is 0 Å². The largest absolute Gasteiger partial charge is 0.381 e. The van der Waals surface area contributed by atoms with Gasteiger partial charge in [0, 0.05) is 39.5 Å². The van der Waals surface area contributed by atoms with E-state index in [1.54, 1.807) is 7.11 Å². The molecule has 1 saturated heterocycles. The molecule has 0 spiro atoms. The molecule has 0 amide bonds. The maximum Gasteiger partial charge on any atom is 0.157 e. The van der Waals surface area contributed by atoms with Gasteiger partial charge in [-0.05, 0) is 18.9 Å². The monoisotopic (exact) mass is 275 g/mol. The van der Waals surface area contributed by atoms with Crippen LogP contribution in [0.5, 0.6) is 0 Å². The number of anilines is 1. The smallest absolute Gasteiger partial charge is 0.157 e. The highest BCUT2D eigenvalue weighted by Gasteiger charge is 2.29. The van der Waals surface area contributed by atoms with Gasteiger partial charge < -0.3 is 19.9 Å². The predicted molar refractivity (Wildman–Crippen MR) is 78.7 cm³/mol. The third-order valence-electron chi connectivity index (χ3n) is 4.17. The van der Waals surface area contributed by atoms with E-state index in [0.717, 1.165) is 36.2 Å². The molecule has 0 aliphatic carbocycles. The van der Waals surface area contributed by atoms with Gasteiger partial charge in [0.15, 0.2) is 5.82 Å². The Morgan fingerprint density at radius 1 is 1.45 bits per heavy atom. The molecule has 1 aliphatic rings. The van der Waals surface area contributed by atoms with E-state index in [0.29, 0.717) is 12.6 Å². The van der Waals surface area contributed by atoms with Gasteiger partial charge >= 0.3 is 0 Å². The lowest BCUT2D eigenvalue weighted by atomic mass is 9.99. The van der Waals surface area contributed by atoms with Gasteiger partial charge in [-0.3, -0.25) is 0 Å². The molecule has 6 nitrogen and oxygen atoms in total. The lowest BCUT2D eigenvalue weighted by Crippen LogP contribution is -2.49. The van der Waals surface area contributed by atoms with Gasteiger partial charge in [-0.25, -0.2) is 9.97 Å². The maximum atomic E-state index is 5.95. The standard InChI is InChI=1S/C14H21N5O/c1-18-9-17-13-12(18)3-5-16-14(13)19-6-4-11(20-2)7-10(19)8-15/h3,5,9-11H,4,6-8,15H2,1-2H3. The Balaban J connectivity index is 1.97. The minimum Gasteiger partial charge on any atom is -0.381 e. The van der Waals surface area contributed by atoms with E-state index >= 15 is 0 Å². The van der Waals surface area contributed by atoms with Crippen molar-refractivity contribution < 1.29 is 4.74 Å². The molecule has 2 N–H and O–H groups in total. The fourth-order valence-electron chi connectivity index (χ4n) is 2.99. The molecule has 2 atom stereocenters. The van der Waals surface area contributed by atoms with Gasteiger partial charge in [0.2, 0.25) is 0 Å². The van der Waals surface area contributed by atoms with Gasteiger partial charge in [0.05, 0.1) is 17.9 Å². The fraction of sp³-hybridized carbons (Fsp3) is 0.571. The first-order chi connectivity index (χ1) is 9.74. The lowest BCUT2D eigenvalue weighted by molar-refractivity contribution is 0.0708. The zero-order chi connectivity index (χ0) is 14.1. The third-order valence-corrected chi connectivity index (χ3v) is 4.17. The van der Waals surface area contributed by atoms with Crippen LogP contribution in [0.25, 0.3) is 11.0 Å². The van der Waals surface area contributed by atoms with Gasteiger partial charge in [0.25, 0.3) is 0 Å². The first-order valence-electron chi connectivity index (χ1n) is 7.00. The van der Waals surface area contributed by atoms with Crippen LogP contribution in [-0.2, 0) is 11.8 Å². The summed E-state index contributed by atoms with van der Waals surface area (Å²) in [7, 11) is 3.77. The topological polar surface area (TPSA) is 69.2 Å². The summed E-state index contributed by atoms with van der Waals surface area (Å²) in [6.45, 7) is 1.51. The molecule has 3 heterocycles. The number of rotatable bonds is 3. The number of nitrogens with zero attached hydrogens (tertiary/aromatic N) is 4. The summed E-state index contributed by atoms with van der Waals surface area (Å²) < 4.78 is 7.49. The van der Waals surface area contributed by atoms with Crippen LogP contribution in [-0.4, -0.2) is 46.9 Å². The zero-order valence-corrected chi connectivity index (χ0v) is 12.0. The van der Waals surface area contributed by atoms with Crippen LogP contribution in [0.1, 0.15) is 12.8 Å². The lowest BCUT2D eigenvalue weighted by Gasteiger charge is -2.39. The summed E-state index contributed by atoms with van der Waals surface area (Å²) in [6, 6.07) is 2.25. The number of methoxy groups -OCH3 is 1. The fourth-order valence-corrected chi connectivity index (χ4v) is 2.99. The van der Waals surface area contributed by atoms with Crippen LogP contribution in [0.2, 0.25) is 0 Å². The molecule has 3 rings (SSSR count). The Hall–Kier alpha value is -1.66. The second-order valence-electron chi connectivity index (χ2n) is 5.32. The average molecular weight is 275 g/mol. The Labute approximate surface area is 118 Å². The van der Waals surface area contributed by atoms with E-state index in [2.05, 4.69) is 14.9 Å². The zero-order valence-electron chi connectivity index (χ0n) is 12.0. The summed E-state index contributed by atoms with van der Waals surface area (Å²) >= 11 is 0. The van der Waals surface area contributed by atoms with Crippen LogP contribution in [0, 0.1) is 0 Å². The summed E-state index contributed by atoms with van der Waals surface area (Å²) in [4.78, 5) is 11.3. The molecule has 0 radical (unpaired) electrons. The van der Waals surface area contributed by atoms with Crippen LogP contribution in [0.4, 0.5) is 5.82 Å². The molecule has 0 aromatic carbocycles. The molecular formula is C14H21N5O. The first-order valence-corrected chi connectivity index (χ1v) is 7.00. The molecule has 2 unspecified atom stereocenters. The summed E-state index contributed by atoms with van der Waals surface area (Å²) in [6.07, 6.45) is 5.91. The number of hydrogen-bond donors (Lipinski definition) is 1. The molecule has 6 heteroatoms. The Bertz CT molecular complexity index is 596. The first kappa shape index (κ1) is 13.3. The van der Waals surface area contributed by atoms with Crippen LogP contribution in [0.3, 0.4) is 0 Å². The number of fused-ring (bicyclic) bond motifs is 1. The van der Waals surface area contributed by atoms with Gasteiger partial charge in [-0.1, -0.05) is 0 Å². The number of nitrogens with two attached hydrogens (primary N) is 1. The Morgan fingerprint density at radius 3 is 3.05 bits per heavy atom. The molecule has 2 aromatic heterocycles. The number of pyridine rings is 1. The van der Waals surface area contributed by atoms with E-state index < -0.39 is 0 Å². The summed E-state index contributed by atoms with van der Waals surface area (Å²) in [5.41, 5.74) is 7.99. The number of piperidine rings is 1. The van der Waals surface area contributed by atoms with E-state index in [1.165, 1.54) is 0 Å². The number of imidazole rings is 1. The average Bonchev–Trinajstić information content (AvgIpc) is 2.88. The van der Waals surface area contributed by atoms with E-state index in [1.807, 2.05) is 30.2 Å². The Morgan fingerprint density at radius 2 is 2.30 bits per heavy atom. The van der Waals surface area contributed by atoms with Crippen molar-refractivity contribution >= 4 is 16.9 Å². The molecule has 1 fully saturated rings. The van der Waals surface area contributed by atoms with Crippen molar-refractivity contribution in [3.63, 3.8) is 0 Å². The number of ether oxygens (including phenoxy) is 1. The SMILES string of the molecule is COC1CCN(c2nccc3c2ncn3C)C(CN)C1. The highest BCUT2D eigenvalue weighted by molar-refractivity contribution is 5.86. The molecule has 108 valence electrons. The molecule has 0 bridgehead atoms. The number of aryl methyl sites for hydroxylation is 1. The van der Waals surface area contributed by atoms with Crippen molar-refractivity contribution in [1.82, 2.24) is 14.5 Å². The second-order valence-corrected chi connectivity index (χ2v) is 5.32. The van der Waals surface area contributed by atoms with Crippen molar-refractivity contribution in [1.29, 1.82) is 0 Å². The van der Waals surface area contributed by atoms with Crippen molar-refractivity contribution in [3.8, 4) is 0 Å². The Kier molecular flexibility index (Phi) is 3.58. The van der Waals surface area contributed by atoms with Crippen LogP contribution >= 0.6 is 0 Å². The van der Waals surface area contributed by atoms with Gasteiger partial charge in [0.1, 0.15) is 5.52 Å². The molecule has 2 aromatic rings. The van der Waals surface area contributed by atoms with Crippen molar-refractivity contribution in [3.05, 3.63) is 18.6 Å². The van der Waals surface area contributed by atoms with Crippen molar-refractivity contribution in [2.45, 2.75) is 25.0 Å². The second kappa shape index (κ2) is 5.38. The third kappa shape index (κ3) is 2.14. The van der Waals surface area contributed by atoms with Crippen LogP contribution < -0.4 is 10.6 Å². The van der Waals surface area contributed by atoms with E-state index in [9.17, 15) is 0 Å². The summed E-state index contributed by atoms with van der Waals surface area (Å²) in [5, 5.41) is 0. The number of hydrogen-bond acceptors (Lipinski definition) is 5. The van der Waals surface area contributed by atoms with Crippen molar-refractivity contribution in [2.75, 3.05) is 25.1 Å². The minimum absolute atomic E-state index is 0.258. The van der Waals surface area contributed by atoms with Crippen LogP contribution in [0.15, 0.2) is 18.6 Å². The molecule has 20 heavy (non-hydrogen) atoms. The predicted octanol–water partition coefficient (Wildman–Crippen LogP) is 0.911. The highest BCUT2D eigenvalue weighted by atomic mass is 16.5. The van der Waals surface area contributed by atoms with Gasteiger partial charge in [-0.2, -0.15) is 0 Å². The minimum atomic E-state index is 0.258. The summed E-state index contributed by atoms with van der Waals surface area (Å²) in [5.74, 6) is 0.938. The number of aromatic nitrogens is 3. The molecular weight excluding hydrogens is 254 g/mol. The highest BCUT2D eigenvalue weighted by Crippen LogP contribution is 2.29. The van der Waals surface area contributed by atoms with E-state index in [4.69, 9.17) is 10.5 Å². The van der Waals surface area contributed by atoms with Crippen molar-refractivity contribution in [2.24, 2.45) is 12.8 Å². The molecule has 1 aliphatic heterocycles. The maximum absolute atomic E-state index is 5.95. The quantitative estimate of drug-likeness (QED) is 0.901.